The number of nitrogens with two attached hydrogens (primary N) is 1. The summed E-state index contributed by atoms with van der Waals surface area (Å²) in [5, 5.41) is 0. The number of rotatable bonds is 5. The van der Waals surface area contributed by atoms with Gasteiger partial charge in [-0.3, -0.25) is 11.3 Å². The van der Waals surface area contributed by atoms with Crippen LogP contribution < -0.4 is 11.3 Å². The molecule has 2 rings (SSSR count). The molecule has 0 aliphatic heterocycles. The highest BCUT2D eigenvalue weighted by molar-refractivity contribution is 5.04. The predicted octanol–water partition coefficient (Wildman–Crippen LogP) is 1.68. The van der Waals surface area contributed by atoms with Crippen LogP contribution in [0, 0.1) is 17.8 Å². The first kappa shape index (κ1) is 11.4. The number of nitrogens with one attached hydrogen (secondary N) is 1. The van der Waals surface area contributed by atoms with Crippen LogP contribution in [0.1, 0.15) is 39.5 Å². The van der Waals surface area contributed by atoms with Crippen LogP contribution in [0.15, 0.2) is 0 Å². The van der Waals surface area contributed by atoms with Gasteiger partial charge >= 0.3 is 0 Å². The monoisotopic (exact) mass is 212 g/mol. The third kappa shape index (κ3) is 2.52. The van der Waals surface area contributed by atoms with Gasteiger partial charge in [-0.2, -0.15) is 0 Å². The molecule has 2 aliphatic rings. The molecule has 3 unspecified atom stereocenters. The fourth-order valence-electron chi connectivity index (χ4n) is 3.21. The normalized spacial score (nSPS) is 36.4. The zero-order chi connectivity index (χ0) is 10.8. The summed E-state index contributed by atoms with van der Waals surface area (Å²) in [6.07, 6.45) is 5.96. The van der Waals surface area contributed by atoms with E-state index in [4.69, 9.17) is 10.6 Å². The third-order valence-electron chi connectivity index (χ3n) is 4.01. The molecule has 0 bridgehead atoms. The van der Waals surface area contributed by atoms with Crippen molar-refractivity contribution in [2.75, 3.05) is 6.61 Å². The second-order valence-corrected chi connectivity index (χ2v) is 5.34. The van der Waals surface area contributed by atoms with Crippen LogP contribution >= 0.6 is 0 Å². The Morgan fingerprint density at radius 1 is 1.27 bits per heavy atom. The van der Waals surface area contributed by atoms with Crippen LogP contribution in [-0.4, -0.2) is 18.8 Å². The molecule has 3 heteroatoms. The number of fused-ring (bicyclic) bond motifs is 1. The van der Waals surface area contributed by atoms with Crippen molar-refractivity contribution in [2.45, 2.75) is 51.7 Å². The highest BCUT2D eigenvalue weighted by Crippen LogP contribution is 2.56. The Bertz CT molecular complexity index is 196. The summed E-state index contributed by atoms with van der Waals surface area (Å²) < 4.78 is 5.66. The lowest BCUT2D eigenvalue weighted by Crippen LogP contribution is -2.41. The fourth-order valence-corrected chi connectivity index (χ4v) is 3.21. The minimum Gasteiger partial charge on any atom is -0.377 e. The lowest BCUT2D eigenvalue weighted by Gasteiger charge is -2.18. The van der Waals surface area contributed by atoms with Crippen molar-refractivity contribution >= 4 is 0 Å². The standard InChI is InChI=1S/C12H24N2O/c1-8(2)15-7-11(14-13)12-9-5-3-4-6-10(9)12/h8-12,14H,3-7,13H2,1-2H3. The van der Waals surface area contributed by atoms with Gasteiger partial charge in [-0.05, 0) is 44.4 Å². The number of ether oxygens (including phenoxy) is 1. The Kier molecular flexibility index (Phi) is 3.65. The molecule has 2 saturated carbocycles. The summed E-state index contributed by atoms with van der Waals surface area (Å²) in [7, 11) is 0. The average Bonchev–Trinajstić information content (AvgIpc) is 2.94. The zero-order valence-corrected chi connectivity index (χ0v) is 9.91. The van der Waals surface area contributed by atoms with Crippen molar-refractivity contribution in [1.29, 1.82) is 0 Å². The molecule has 0 spiro atoms. The molecular formula is C12H24N2O. The Labute approximate surface area is 92.7 Å². The summed E-state index contributed by atoms with van der Waals surface area (Å²) in [5.74, 6) is 8.29. The lowest BCUT2D eigenvalue weighted by molar-refractivity contribution is 0.0549. The van der Waals surface area contributed by atoms with Gasteiger partial charge in [-0.25, -0.2) is 0 Å². The molecule has 15 heavy (non-hydrogen) atoms. The maximum Gasteiger partial charge on any atom is 0.0639 e. The highest BCUT2D eigenvalue weighted by Gasteiger charge is 2.53. The molecule has 88 valence electrons. The maximum absolute atomic E-state index is 5.66. The summed E-state index contributed by atoms with van der Waals surface area (Å²) in [6.45, 7) is 4.92. The quantitative estimate of drug-likeness (QED) is 0.538. The molecule has 0 aromatic heterocycles. The van der Waals surface area contributed by atoms with Gasteiger partial charge in [0.05, 0.1) is 12.7 Å². The van der Waals surface area contributed by atoms with Crippen molar-refractivity contribution in [1.82, 2.24) is 5.43 Å². The summed E-state index contributed by atoms with van der Waals surface area (Å²) in [5.41, 5.74) is 2.95. The SMILES string of the molecule is CC(C)OCC(NN)C1C2CCCCC21. The molecule has 2 fully saturated rings. The van der Waals surface area contributed by atoms with Gasteiger partial charge < -0.3 is 4.74 Å². The van der Waals surface area contributed by atoms with Crippen LogP contribution in [0.25, 0.3) is 0 Å². The minimum absolute atomic E-state index is 0.307. The predicted molar refractivity (Wildman–Crippen MR) is 61.1 cm³/mol. The van der Waals surface area contributed by atoms with Crippen molar-refractivity contribution in [3.8, 4) is 0 Å². The van der Waals surface area contributed by atoms with Crippen molar-refractivity contribution in [3.05, 3.63) is 0 Å². The largest absolute Gasteiger partial charge is 0.377 e. The van der Waals surface area contributed by atoms with Crippen LogP contribution in [0.4, 0.5) is 0 Å². The van der Waals surface area contributed by atoms with E-state index in [2.05, 4.69) is 19.3 Å². The van der Waals surface area contributed by atoms with Crippen LogP contribution in [0.5, 0.6) is 0 Å². The zero-order valence-electron chi connectivity index (χ0n) is 9.91. The Hall–Kier alpha value is -0.120. The van der Waals surface area contributed by atoms with E-state index in [0.717, 1.165) is 24.4 Å². The van der Waals surface area contributed by atoms with E-state index in [9.17, 15) is 0 Å². The second kappa shape index (κ2) is 4.81. The van der Waals surface area contributed by atoms with Gasteiger partial charge in [0.2, 0.25) is 0 Å². The van der Waals surface area contributed by atoms with Crippen LogP contribution in [-0.2, 0) is 4.74 Å². The third-order valence-corrected chi connectivity index (χ3v) is 4.01. The minimum atomic E-state index is 0.307. The van der Waals surface area contributed by atoms with Crippen molar-refractivity contribution in [2.24, 2.45) is 23.6 Å². The van der Waals surface area contributed by atoms with Crippen LogP contribution in [0.2, 0.25) is 0 Å². The molecule has 2 aliphatic carbocycles. The second-order valence-electron chi connectivity index (χ2n) is 5.34. The summed E-state index contributed by atoms with van der Waals surface area (Å²) >= 11 is 0. The topological polar surface area (TPSA) is 47.3 Å². The Morgan fingerprint density at radius 3 is 2.33 bits per heavy atom. The van der Waals surface area contributed by atoms with E-state index >= 15 is 0 Å². The molecule has 0 heterocycles. The number of hydrazine groups is 1. The van der Waals surface area contributed by atoms with E-state index in [0.29, 0.717) is 12.1 Å². The first-order chi connectivity index (χ1) is 7.24. The van der Waals surface area contributed by atoms with Crippen molar-refractivity contribution < 1.29 is 4.74 Å². The summed E-state index contributed by atoms with van der Waals surface area (Å²) in [4.78, 5) is 0. The molecule has 0 aromatic rings. The smallest absolute Gasteiger partial charge is 0.0639 e. The fraction of sp³-hybridized carbons (Fsp3) is 1.00. The molecule has 0 aromatic carbocycles. The highest BCUT2D eigenvalue weighted by atomic mass is 16.5. The van der Waals surface area contributed by atoms with Gasteiger partial charge in [-0.15, -0.1) is 0 Å². The van der Waals surface area contributed by atoms with E-state index < -0.39 is 0 Å². The van der Waals surface area contributed by atoms with E-state index in [-0.39, 0.29) is 0 Å². The maximum atomic E-state index is 5.66. The molecule has 0 amide bonds. The van der Waals surface area contributed by atoms with Gasteiger partial charge in [-0.1, -0.05) is 12.8 Å². The first-order valence-corrected chi connectivity index (χ1v) is 6.31. The molecule has 0 saturated heterocycles. The van der Waals surface area contributed by atoms with Gasteiger partial charge in [0.1, 0.15) is 0 Å². The number of hydrogen-bond acceptors (Lipinski definition) is 3. The number of hydrogen-bond donors (Lipinski definition) is 2. The Morgan fingerprint density at radius 2 is 1.87 bits per heavy atom. The first-order valence-electron chi connectivity index (χ1n) is 6.31. The molecule has 3 nitrogen and oxygen atoms in total. The van der Waals surface area contributed by atoms with Gasteiger partial charge in [0, 0.05) is 6.04 Å². The Balaban J connectivity index is 1.80. The molecule has 3 atom stereocenters. The molecule has 0 radical (unpaired) electrons. The van der Waals surface area contributed by atoms with Gasteiger partial charge in [0.15, 0.2) is 0 Å². The van der Waals surface area contributed by atoms with E-state index in [1.165, 1.54) is 25.7 Å². The van der Waals surface area contributed by atoms with Crippen LogP contribution in [0.3, 0.4) is 0 Å². The summed E-state index contributed by atoms with van der Waals surface area (Å²) in [6, 6.07) is 0.375. The van der Waals surface area contributed by atoms with Crippen molar-refractivity contribution in [3.63, 3.8) is 0 Å². The molecule has 3 N–H and O–H groups in total. The van der Waals surface area contributed by atoms with E-state index in [1.54, 1.807) is 0 Å². The molecular weight excluding hydrogens is 188 g/mol. The van der Waals surface area contributed by atoms with Gasteiger partial charge in [0.25, 0.3) is 0 Å². The average molecular weight is 212 g/mol. The van der Waals surface area contributed by atoms with E-state index in [1.807, 2.05) is 0 Å². The lowest BCUT2D eigenvalue weighted by atomic mass is 10.0.